The minimum atomic E-state index is 0.410. The monoisotopic (exact) mass is 260 g/mol. The molecule has 1 aromatic carbocycles. The minimum Gasteiger partial charge on any atom is -0.271 e. The van der Waals surface area contributed by atoms with Crippen molar-refractivity contribution in [2.75, 3.05) is 0 Å². The standard InChI is InChI=1S/C17H28N2/c1-2-16(15-10-4-3-5-11-15)17(19-18)13-12-14-8-6-7-9-14/h3-5,10-11,14,16-17,19H,2,6-9,12-13,18H2,1H3. The van der Waals surface area contributed by atoms with Gasteiger partial charge in [-0.1, -0.05) is 62.9 Å². The molecule has 1 fully saturated rings. The van der Waals surface area contributed by atoms with Crippen molar-refractivity contribution in [3.8, 4) is 0 Å². The van der Waals surface area contributed by atoms with Crippen LogP contribution in [0, 0.1) is 5.92 Å². The van der Waals surface area contributed by atoms with E-state index >= 15 is 0 Å². The SMILES string of the molecule is CCC(c1ccccc1)C(CCC1CCCC1)NN. The molecule has 0 spiro atoms. The first kappa shape index (κ1) is 14.5. The van der Waals surface area contributed by atoms with E-state index < -0.39 is 0 Å². The Morgan fingerprint density at radius 1 is 1.21 bits per heavy atom. The van der Waals surface area contributed by atoms with Crippen molar-refractivity contribution in [3.63, 3.8) is 0 Å². The molecule has 2 unspecified atom stereocenters. The molecule has 3 N–H and O–H groups in total. The summed E-state index contributed by atoms with van der Waals surface area (Å²) < 4.78 is 0. The van der Waals surface area contributed by atoms with E-state index in [4.69, 9.17) is 5.84 Å². The molecule has 0 amide bonds. The normalized spacial score (nSPS) is 19.5. The maximum atomic E-state index is 5.82. The fraction of sp³-hybridized carbons (Fsp3) is 0.647. The van der Waals surface area contributed by atoms with E-state index in [1.807, 2.05) is 0 Å². The maximum Gasteiger partial charge on any atom is 0.0279 e. The molecule has 2 atom stereocenters. The first-order valence-electron chi connectivity index (χ1n) is 7.86. The van der Waals surface area contributed by atoms with Crippen LogP contribution in [0.3, 0.4) is 0 Å². The third kappa shape index (κ3) is 4.05. The summed E-state index contributed by atoms with van der Waals surface area (Å²) >= 11 is 0. The Kier molecular flexibility index (Phi) is 5.87. The van der Waals surface area contributed by atoms with Gasteiger partial charge in [-0.05, 0) is 30.7 Å². The topological polar surface area (TPSA) is 38.0 Å². The molecule has 0 aliphatic heterocycles. The molecule has 1 saturated carbocycles. The predicted octanol–water partition coefficient (Wildman–Crippen LogP) is 3.98. The summed E-state index contributed by atoms with van der Waals surface area (Å²) in [5.74, 6) is 7.30. The summed E-state index contributed by atoms with van der Waals surface area (Å²) in [6.07, 6.45) is 9.40. The molecule has 1 aliphatic rings. The number of hydrazine groups is 1. The van der Waals surface area contributed by atoms with Gasteiger partial charge in [0.1, 0.15) is 0 Å². The van der Waals surface area contributed by atoms with Gasteiger partial charge in [0, 0.05) is 12.0 Å². The lowest BCUT2D eigenvalue weighted by molar-refractivity contribution is 0.360. The second-order valence-corrected chi connectivity index (χ2v) is 5.93. The van der Waals surface area contributed by atoms with Gasteiger partial charge >= 0.3 is 0 Å². The Balaban J connectivity index is 1.93. The highest BCUT2D eigenvalue weighted by Gasteiger charge is 2.23. The fourth-order valence-corrected chi connectivity index (χ4v) is 3.57. The second-order valence-electron chi connectivity index (χ2n) is 5.93. The number of rotatable bonds is 7. The average Bonchev–Trinajstić information content (AvgIpc) is 2.97. The van der Waals surface area contributed by atoms with Gasteiger partial charge in [0.2, 0.25) is 0 Å². The molecule has 1 aromatic rings. The molecular formula is C17H28N2. The van der Waals surface area contributed by atoms with Crippen molar-refractivity contribution in [1.82, 2.24) is 5.43 Å². The van der Waals surface area contributed by atoms with Gasteiger partial charge in [-0.15, -0.1) is 0 Å². The lowest BCUT2D eigenvalue weighted by Crippen LogP contribution is -2.40. The second kappa shape index (κ2) is 7.66. The molecule has 0 aromatic heterocycles. The van der Waals surface area contributed by atoms with E-state index in [0.29, 0.717) is 12.0 Å². The van der Waals surface area contributed by atoms with Crippen molar-refractivity contribution in [2.45, 2.75) is 63.8 Å². The summed E-state index contributed by atoms with van der Waals surface area (Å²) in [5.41, 5.74) is 4.49. The molecule has 106 valence electrons. The summed E-state index contributed by atoms with van der Waals surface area (Å²) in [7, 11) is 0. The predicted molar refractivity (Wildman–Crippen MR) is 81.8 cm³/mol. The smallest absolute Gasteiger partial charge is 0.0279 e. The molecule has 2 nitrogen and oxygen atoms in total. The third-order valence-electron chi connectivity index (χ3n) is 4.73. The lowest BCUT2D eigenvalue weighted by atomic mass is 9.85. The van der Waals surface area contributed by atoms with E-state index in [-0.39, 0.29) is 0 Å². The van der Waals surface area contributed by atoms with Crippen LogP contribution < -0.4 is 11.3 Å². The van der Waals surface area contributed by atoms with Gasteiger partial charge in [0.05, 0.1) is 0 Å². The average molecular weight is 260 g/mol. The molecule has 0 radical (unpaired) electrons. The molecule has 0 bridgehead atoms. The quantitative estimate of drug-likeness (QED) is 0.575. The zero-order valence-electron chi connectivity index (χ0n) is 12.1. The third-order valence-corrected chi connectivity index (χ3v) is 4.73. The summed E-state index contributed by atoms with van der Waals surface area (Å²) in [6.45, 7) is 2.26. The Morgan fingerprint density at radius 3 is 2.47 bits per heavy atom. The maximum absolute atomic E-state index is 5.82. The van der Waals surface area contributed by atoms with Crippen molar-refractivity contribution in [2.24, 2.45) is 11.8 Å². The van der Waals surface area contributed by atoms with Gasteiger partial charge in [-0.2, -0.15) is 0 Å². The first-order chi connectivity index (χ1) is 9.35. The Hall–Kier alpha value is -0.860. The van der Waals surface area contributed by atoms with Crippen LogP contribution in [0.15, 0.2) is 30.3 Å². The van der Waals surface area contributed by atoms with Crippen LogP contribution in [-0.4, -0.2) is 6.04 Å². The molecule has 0 saturated heterocycles. The number of hydrogen-bond donors (Lipinski definition) is 2. The Morgan fingerprint density at radius 2 is 1.89 bits per heavy atom. The molecular weight excluding hydrogens is 232 g/mol. The molecule has 2 heteroatoms. The van der Waals surface area contributed by atoms with Crippen LogP contribution in [0.2, 0.25) is 0 Å². The number of benzene rings is 1. The van der Waals surface area contributed by atoms with Crippen LogP contribution in [0.5, 0.6) is 0 Å². The minimum absolute atomic E-state index is 0.410. The molecule has 0 heterocycles. The Labute approximate surface area is 117 Å². The van der Waals surface area contributed by atoms with Crippen molar-refractivity contribution >= 4 is 0 Å². The first-order valence-corrected chi connectivity index (χ1v) is 7.86. The van der Waals surface area contributed by atoms with Crippen LogP contribution in [0.4, 0.5) is 0 Å². The zero-order valence-corrected chi connectivity index (χ0v) is 12.1. The van der Waals surface area contributed by atoms with Gasteiger partial charge in [-0.25, -0.2) is 0 Å². The highest BCUT2D eigenvalue weighted by Crippen LogP contribution is 2.32. The lowest BCUT2D eigenvalue weighted by Gasteiger charge is -2.27. The van der Waals surface area contributed by atoms with Crippen LogP contribution in [-0.2, 0) is 0 Å². The van der Waals surface area contributed by atoms with Gasteiger partial charge in [0.25, 0.3) is 0 Å². The van der Waals surface area contributed by atoms with E-state index in [2.05, 4.69) is 42.7 Å². The van der Waals surface area contributed by atoms with Crippen LogP contribution in [0.25, 0.3) is 0 Å². The van der Waals surface area contributed by atoms with Gasteiger partial charge in [-0.3, -0.25) is 11.3 Å². The van der Waals surface area contributed by atoms with Gasteiger partial charge < -0.3 is 0 Å². The van der Waals surface area contributed by atoms with E-state index in [9.17, 15) is 0 Å². The van der Waals surface area contributed by atoms with E-state index in [0.717, 1.165) is 12.3 Å². The number of hydrogen-bond acceptors (Lipinski definition) is 2. The molecule has 1 aliphatic carbocycles. The summed E-state index contributed by atoms with van der Waals surface area (Å²) in [5, 5.41) is 0. The van der Waals surface area contributed by atoms with Crippen molar-refractivity contribution in [3.05, 3.63) is 35.9 Å². The highest BCUT2D eigenvalue weighted by atomic mass is 15.2. The summed E-state index contributed by atoms with van der Waals surface area (Å²) in [4.78, 5) is 0. The van der Waals surface area contributed by atoms with E-state index in [1.165, 1.54) is 44.1 Å². The van der Waals surface area contributed by atoms with Crippen LogP contribution >= 0.6 is 0 Å². The molecule has 2 rings (SSSR count). The van der Waals surface area contributed by atoms with Crippen molar-refractivity contribution < 1.29 is 0 Å². The largest absolute Gasteiger partial charge is 0.271 e. The fourth-order valence-electron chi connectivity index (χ4n) is 3.57. The highest BCUT2D eigenvalue weighted by molar-refractivity contribution is 5.21. The van der Waals surface area contributed by atoms with Gasteiger partial charge in [0.15, 0.2) is 0 Å². The summed E-state index contributed by atoms with van der Waals surface area (Å²) in [6, 6.07) is 11.2. The van der Waals surface area contributed by atoms with Crippen molar-refractivity contribution in [1.29, 1.82) is 0 Å². The molecule has 19 heavy (non-hydrogen) atoms. The Bertz CT molecular complexity index is 344. The van der Waals surface area contributed by atoms with E-state index in [1.54, 1.807) is 0 Å². The zero-order chi connectivity index (χ0) is 13.5. The number of nitrogens with one attached hydrogen (secondary N) is 1. The van der Waals surface area contributed by atoms with Crippen LogP contribution in [0.1, 0.15) is 63.4 Å². The number of nitrogens with two attached hydrogens (primary N) is 1.